The molecule has 0 atom stereocenters. The number of β-amino-alcohol motifs (C(OH)–C–C–N with tert-alkyl or cyclic N) is 1. The molecular formula is C21H22N2O5. The van der Waals surface area contributed by atoms with E-state index >= 15 is 0 Å². The molecule has 7 nitrogen and oxygen atoms in total. The molecule has 0 aromatic heterocycles. The predicted octanol–water partition coefficient (Wildman–Crippen LogP) is 1.94. The second kappa shape index (κ2) is 9.05. The van der Waals surface area contributed by atoms with E-state index in [4.69, 9.17) is 14.6 Å². The van der Waals surface area contributed by atoms with Crippen LogP contribution >= 0.6 is 0 Å². The number of hydrogen-bond acceptors (Lipinski definition) is 6. The average Bonchev–Trinajstić information content (AvgIpc) is 3.03. The number of nitrogens with one attached hydrogen (secondary N) is 1. The summed E-state index contributed by atoms with van der Waals surface area (Å²) in [5.74, 6) is -0.400. The summed E-state index contributed by atoms with van der Waals surface area (Å²) in [5, 5.41) is 12.2. The number of aliphatic hydroxyl groups is 1. The molecule has 2 aromatic rings. The standard InChI is InChI=1S/C21H22N2O5/c1-27-21(26)16-13-23(11-12-24)20(25)19(16)22-17-9-5-6-10-18(17)28-14-15-7-3-2-4-8-15/h2-10,22,24H,11-14H2,1H3. The zero-order valence-corrected chi connectivity index (χ0v) is 15.6. The SMILES string of the molecule is COC(=O)C1=C(Nc2ccccc2OCc2ccccc2)C(=O)N(CCO)C1. The third-order valence-corrected chi connectivity index (χ3v) is 4.34. The average molecular weight is 382 g/mol. The van der Waals surface area contributed by atoms with Gasteiger partial charge in [-0.25, -0.2) is 4.79 Å². The second-order valence-electron chi connectivity index (χ2n) is 6.19. The molecule has 146 valence electrons. The monoisotopic (exact) mass is 382 g/mol. The van der Waals surface area contributed by atoms with Crippen molar-refractivity contribution in [1.82, 2.24) is 4.90 Å². The summed E-state index contributed by atoms with van der Waals surface area (Å²) in [5.41, 5.74) is 1.93. The largest absolute Gasteiger partial charge is 0.487 e. The van der Waals surface area contributed by atoms with Crippen LogP contribution in [-0.4, -0.2) is 48.7 Å². The highest BCUT2D eigenvalue weighted by Crippen LogP contribution is 2.29. The van der Waals surface area contributed by atoms with E-state index in [-0.39, 0.29) is 36.9 Å². The maximum Gasteiger partial charge on any atom is 0.337 e. The van der Waals surface area contributed by atoms with Crippen molar-refractivity contribution in [2.24, 2.45) is 0 Å². The van der Waals surface area contributed by atoms with Gasteiger partial charge in [0.2, 0.25) is 0 Å². The summed E-state index contributed by atoms with van der Waals surface area (Å²) >= 11 is 0. The van der Waals surface area contributed by atoms with Crippen molar-refractivity contribution < 1.29 is 24.2 Å². The third kappa shape index (κ3) is 4.32. The molecule has 7 heteroatoms. The van der Waals surface area contributed by atoms with Crippen molar-refractivity contribution in [2.75, 3.05) is 32.1 Å². The molecule has 28 heavy (non-hydrogen) atoms. The van der Waals surface area contributed by atoms with Crippen LogP contribution < -0.4 is 10.1 Å². The first-order chi connectivity index (χ1) is 13.6. The number of rotatable bonds is 8. The lowest BCUT2D eigenvalue weighted by Crippen LogP contribution is -2.31. The lowest BCUT2D eigenvalue weighted by atomic mass is 10.2. The molecule has 0 saturated heterocycles. The van der Waals surface area contributed by atoms with E-state index in [0.29, 0.717) is 18.0 Å². The summed E-state index contributed by atoms with van der Waals surface area (Å²) in [6.07, 6.45) is 0. The van der Waals surface area contributed by atoms with Gasteiger partial charge in [0.05, 0.1) is 31.5 Å². The van der Waals surface area contributed by atoms with Crippen LogP contribution in [0.25, 0.3) is 0 Å². The van der Waals surface area contributed by atoms with Crippen molar-refractivity contribution in [1.29, 1.82) is 0 Å². The van der Waals surface area contributed by atoms with Gasteiger partial charge in [-0.15, -0.1) is 0 Å². The highest BCUT2D eigenvalue weighted by Gasteiger charge is 2.34. The van der Waals surface area contributed by atoms with Crippen LogP contribution in [-0.2, 0) is 20.9 Å². The molecule has 1 aliphatic rings. The van der Waals surface area contributed by atoms with E-state index in [1.165, 1.54) is 12.0 Å². The minimum atomic E-state index is -0.584. The number of carbonyl (C=O) groups is 2. The van der Waals surface area contributed by atoms with Gasteiger partial charge < -0.3 is 24.8 Å². The summed E-state index contributed by atoms with van der Waals surface area (Å²) in [6.45, 7) is 0.398. The second-order valence-corrected chi connectivity index (χ2v) is 6.19. The Morgan fingerprint density at radius 1 is 1.14 bits per heavy atom. The number of esters is 1. The number of nitrogens with zero attached hydrogens (tertiary/aromatic N) is 1. The highest BCUT2D eigenvalue weighted by atomic mass is 16.5. The number of para-hydroxylation sites is 2. The predicted molar refractivity (Wildman–Crippen MR) is 104 cm³/mol. The zero-order chi connectivity index (χ0) is 19.9. The van der Waals surface area contributed by atoms with E-state index in [1.54, 1.807) is 18.2 Å². The molecule has 0 fully saturated rings. The van der Waals surface area contributed by atoms with Gasteiger partial charge in [-0.3, -0.25) is 4.79 Å². The van der Waals surface area contributed by atoms with Gasteiger partial charge in [0.25, 0.3) is 5.91 Å². The zero-order valence-electron chi connectivity index (χ0n) is 15.6. The molecule has 0 radical (unpaired) electrons. The van der Waals surface area contributed by atoms with Crippen molar-refractivity contribution >= 4 is 17.6 Å². The first-order valence-electron chi connectivity index (χ1n) is 8.88. The van der Waals surface area contributed by atoms with Crippen LogP contribution in [0.1, 0.15) is 5.56 Å². The highest BCUT2D eigenvalue weighted by molar-refractivity contribution is 6.08. The number of carbonyl (C=O) groups excluding carboxylic acids is 2. The van der Waals surface area contributed by atoms with Gasteiger partial charge >= 0.3 is 5.97 Å². The van der Waals surface area contributed by atoms with Crippen LogP contribution in [0.15, 0.2) is 65.9 Å². The number of aliphatic hydroxyl groups excluding tert-OH is 1. The molecule has 1 aliphatic heterocycles. The molecule has 0 saturated carbocycles. The Bertz CT molecular complexity index is 879. The molecule has 0 aliphatic carbocycles. The molecule has 0 unspecified atom stereocenters. The lowest BCUT2D eigenvalue weighted by Gasteiger charge is -2.16. The Labute approximate surface area is 163 Å². The Balaban J connectivity index is 1.83. The van der Waals surface area contributed by atoms with Crippen molar-refractivity contribution in [3.05, 3.63) is 71.4 Å². The van der Waals surface area contributed by atoms with Gasteiger partial charge in [0.15, 0.2) is 0 Å². The Hall–Kier alpha value is -3.32. The molecule has 1 heterocycles. The van der Waals surface area contributed by atoms with Gasteiger partial charge in [-0.1, -0.05) is 42.5 Å². The first-order valence-corrected chi connectivity index (χ1v) is 8.88. The molecule has 0 spiro atoms. The van der Waals surface area contributed by atoms with Gasteiger partial charge in [-0.05, 0) is 17.7 Å². The van der Waals surface area contributed by atoms with Crippen LogP contribution in [0, 0.1) is 0 Å². The third-order valence-electron chi connectivity index (χ3n) is 4.34. The van der Waals surface area contributed by atoms with E-state index in [2.05, 4.69) is 5.32 Å². The molecule has 0 bridgehead atoms. The summed E-state index contributed by atoms with van der Waals surface area (Å²) in [7, 11) is 1.27. The van der Waals surface area contributed by atoms with Gasteiger partial charge in [0, 0.05) is 6.54 Å². The minimum absolute atomic E-state index is 0.0848. The molecule has 2 aromatic carbocycles. The Morgan fingerprint density at radius 2 is 1.86 bits per heavy atom. The molecule has 3 rings (SSSR count). The summed E-state index contributed by atoms with van der Waals surface area (Å²) in [4.78, 5) is 26.2. The quantitative estimate of drug-likeness (QED) is 0.679. The number of ether oxygens (including phenoxy) is 2. The van der Waals surface area contributed by atoms with Gasteiger partial charge in [0.1, 0.15) is 18.1 Å². The van der Waals surface area contributed by atoms with Crippen molar-refractivity contribution in [3.63, 3.8) is 0 Å². The minimum Gasteiger partial charge on any atom is -0.487 e. The molecular weight excluding hydrogens is 360 g/mol. The van der Waals surface area contributed by atoms with Gasteiger partial charge in [-0.2, -0.15) is 0 Å². The Morgan fingerprint density at radius 3 is 2.57 bits per heavy atom. The smallest absolute Gasteiger partial charge is 0.337 e. The fraction of sp³-hybridized carbons (Fsp3) is 0.238. The topological polar surface area (TPSA) is 88.1 Å². The maximum atomic E-state index is 12.7. The normalized spacial score (nSPS) is 13.6. The fourth-order valence-electron chi connectivity index (χ4n) is 2.91. The number of hydrogen-bond donors (Lipinski definition) is 2. The summed E-state index contributed by atoms with van der Waals surface area (Å²) in [6, 6.07) is 16.9. The van der Waals surface area contributed by atoms with E-state index in [0.717, 1.165) is 5.56 Å². The molecule has 2 N–H and O–H groups in total. The van der Waals surface area contributed by atoms with E-state index < -0.39 is 5.97 Å². The Kier molecular flexibility index (Phi) is 6.29. The maximum absolute atomic E-state index is 12.7. The first kappa shape index (κ1) is 19.4. The number of methoxy groups -OCH3 is 1. The van der Waals surface area contributed by atoms with Crippen LogP contribution in [0.4, 0.5) is 5.69 Å². The summed E-state index contributed by atoms with van der Waals surface area (Å²) < 4.78 is 10.7. The van der Waals surface area contributed by atoms with Crippen LogP contribution in [0.3, 0.4) is 0 Å². The lowest BCUT2D eigenvalue weighted by molar-refractivity contribution is -0.136. The number of benzene rings is 2. The van der Waals surface area contributed by atoms with Crippen LogP contribution in [0.5, 0.6) is 5.75 Å². The van der Waals surface area contributed by atoms with Crippen molar-refractivity contribution in [3.8, 4) is 5.75 Å². The van der Waals surface area contributed by atoms with Crippen molar-refractivity contribution in [2.45, 2.75) is 6.61 Å². The number of anilines is 1. The van der Waals surface area contributed by atoms with E-state index in [1.807, 2.05) is 36.4 Å². The fourth-order valence-corrected chi connectivity index (χ4v) is 2.91. The molecule has 1 amide bonds. The number of amides is 1. The van der Waals surface area contributed by atoms with E-state index in [9.17, 15) is 9.59 Å². The van der Waals surface area contributed by atoms with Crippen LogP contribution in [0.2, 0.25) is 0 Å².